The van der Waals surface area contributed by atoms with E-state index in [0.717, 1.165) is 11.3 Å². The second-order valence-electron chi connectivity index (χ2n) is 4.47. The average molecular weight is 338 g/mol. The molecule has 1 aliphatic rings. The molecule has 1 fully saturated rings. The van der Waals surface area contributed by atoms with Crippen LogP contribution in [0.4, 0.5) is 0 Å². The predicted molar refractivity (Wildman–Crippen MR) is 74.3 cm³/mol. The number of nitrogens with zero attached hydrogens (tertiary/aromatic N) is 1. The van der Waals surface area contributed by atoms with Crippen LogP contribution in [-0.2, 0) is 10.0 Å². The Hall–Kier alpha value is 0.0900. The highest BCUT2D eigenvalue weighted by molar-refractivity contribution is 9.09. The molecule has 0 bridgehead atoms. The molecule has 0 spiro atoms. The van der Waals surface area contributed by atoms with Gasteiger partial charge in [-0.05, 0) is 31.4 Å². The van der Waals surface area contributed by atoms with E-state index < -0.39 is 10.0 Å². The molecule has 1 saturated heterocycles. The lowest BCUT2D eigenvalue weighted by Crippen LogP contribution is -2.38. The summed E-state index contributed by atoms with van der Waals surface area (Å²) >= 11 is 4.77. The van der Waals surface area contributed by atoms with Crippen LogP contribution in [0.25, 0.3) is 0 Å². The molecule has 2 rings (SSSR count). The topological polar surface area (TPSA) is 37.4 Å². The summed E-state index contributed by atoms with van der Waals surface area (Å²) in [6.07, 6.45) is 0.944. The first-order chi connectivity index (χ1) is 7.96. The summed E-state index contributed by atoms with van der Waals surface area (Å²) in [5.74, 6) is 0.421. The van der Waals surface area contributed by atoms with Crippen molar-refractivity contribution in [2.24, 2.45) is 5.92 Å². The number of rotatable bonds is 3. The van der Waals surface area contributed by atoms with Gasteiger partial charge in [0, 0.05) is 22.8 Å². The molecule has 1 aliphatic heterocycles. The largest absolute Gasteiger partial charge is 0.252 e. The van der Waals surface area contributed by atoms with E-state index in [4.69, 9.17) is 0 Å². The zero-order valence-corrected chi connectivity index (χ0v) is 13.1. The fourth-order valence-corrected chi connectivity index (χ4v) is 6.49. The van der Waals surface area contributed by atoms with E-state index in [9.17, 15) is 8.42 Å². The van der Waals surface area contributed by atoms with Crippen LogP contribution >= 0.6 is 27.3 Å². The first kappa shape index (κ1) is 13.5. The third-order valence-electron chi connectivity index (χ3n) is 3.27. The van der Waals surface area contributed by atoms with Crippen molar-refractivity contribution in [2.75, 3.05) is 11.9 Å². The van der Waals surface area contributed by atoms with Crippen LogP contribution in [-0.4, -0.2) is 30.6 Å². The Labute approximate surface area is 115 Å². The lowest BCUT2D eigenvalue weighted by atomic mass is 10.1. The van der Waals surface area contributed by atoms with Gasteiger partial charge in [0.1, 0.15) is 4.21 Å². The minimum atomic E-state index is -3.29. The number of thiophene rings is 1. The second-order valence-corrected chi connectivity index (χ2v) is 8.52. The molecule has 96 valence electrons. The van der Waals surface area contributed by atoms with E-state index in [0.29, 0.717) is 22.0 Å². The van der Waals surface area contributed by atoms with Gasteiger partial charge in [-0.2, -0.15) is 4.31 Å². The minimum Gasteiger partial charge on any atom is -0.206 e. The Kier molecular flexibility index (Phi) is 3.97. The SMILES string of the molecule is Cc1ccc(S(=O)(=O)N2CCC(C)C2CBr)s1. The summed E-state index contributed by atoms with van der Waals surface area (Å²) in [5, 5.41) is 0.706. The van der Waals surface area contributed by atoms with E-state index in [1.165, 1.54) is 11.3 Å². The fourth-order valence-electron chi connectivity index (χ4n) is 2.17. The zero-order valence-electron chi connectivity index (χ0n) is 9.89. The molecule has 1 aromatic heterocycles. The van der Waals surface area contributed by atoms with Crippen LogP contribution in [0.1, 0.15) is 18.2 Å². The number of hydrogen-bond acceptors (Lipinski definition) is 3. The molecule has 2 heterocycles. The van der Waals surface area contributed by atoms with Gasteiger partial charge in [-0.15, -0.1) is 11.3 Å². The number of alkyl halides is 1. The Morgan fingerprint density at radius 1 is 1.53 bits per heavy atom. The van der Waals surface area contributed by atoms with Gasteiger partial charge in [-0.3, -0.25) is 0 Å². The van der Waals surface area contributed by atoms with Gasteiger partial charge in [-0.25, -0.2) is 8.42 Å². The third-order valence-corrected chi connectivity index (χ3v) is 7.32. The quantitative estimate of drug-likeness (QED) is 0.795. The molecule has 0 amide bonds. The molecule has 17 heavy (non-hydrogen) atoms. The van der Waals surface area contributed by atoms with Gasteiger partial charge >= 0.3 is 0 Å². The Balaban J connectivity index is 2.33. The molecule has 0 aromatic carbocycles. The standard InChI is InChI=1S/C11H16BrNO2S2/c1-8-5-6-13(10(8)7-12)17(14,15)11-4-3-9(2)16-11/h3-4,8,10H,5-7H2,1-2H3. The summed E-state index contributed by atoms with van der Waals surface area (Å²) in [7, 11) is -3.29. The van der Waals surface area contributed by atoms with Crippen molar-refractivity contribution in [2.45, 2.75) is 30.5 Å². The summed E-state index contributed by atoms with van der Waals surface area (Å²) in [5.41, 5.74) is 0. The molecular weight excluding hydrogens is 322 g/mol. The van der Waals surface area contributed by atoms with Crippen molar-refractivity contribution in [1.82, 2.24) is 4.31 Å². The maximum atomic E-state index is 12.5. The van der Waals surface area contributed by atoms with Crippen molar-refractivity contribution in [1.29, 1.82) is 0 Å². The molecule has 6 heteroatoms. The number of sulfonamides is 1. The van der Waals surface area contributed by atoms with Gasteiger partial charge in [0.2, 0.25) is 0 Å². The van der Waals surface area contributed by atoms with Crippen molar-refractivity contribution >= 4 is 37.3 Å². The highest BCUT2D eigenvalue weighted by atomic mass is 79.9. The molecule has 0 saturated carbocycles. The predicted octanol–water partition coefficient (Wildman–Crippen LogP) is 2.85. The average Bonchev–Trinajstić information content (AvgIpc) is 2.84. The molecular formula is C11H16BrNO2S2. The molecule has 2 unspecified atom stereocenters. The van der Waals surface area contributed by atoms with Gasteiger partial charge in [0.05, 0.1) is 0 Å². The van der Waals surface area contributed by atoms with Gasteiger partial charge in [-0.1, -0.05) is 22.9 Å². The lowest BCUT2D eigenvalue weighted by Gasteiger charge is -2.23. The van der Waals surface area contributed by atoms with E-state index in [1.54, 1.807) is 10.4 Å². The molecule has 0 radical (unpaired) electrons. The fraction of sp³-hybridized carbons (Fsp3) is 0.636. The van der Waals surface area contributed by atoms with Crippen LogP contribution < -0.4 is 0 Å². The maximum Gasteiger partial charge on any atom is 0.252 e. The monoisotopic (exact) mass is 337 g/mol. The van der Waals surface area contributed by atoms with Gasteiger partial charge < -0.3 is 0 Å². The zero-order chi connectivity index (χ0) is 12.6. The normalized spacial score (nSPS) is 26.5. The van der Waals surface area contributed by atoms with E-state index in [-0.39, 0.29) is 6.04 Å². The summed E-state index contributed by atoms with van der Waals surface area (Å²) in [6, 6.07) is 3.66. The Morgan fingerprint density at radius 3 is 2.76 bits per heavy atom. The van der Waals surface area contributed by atoms with Crippen LogP contribution in [0, 0.1) is 12.8 Å². The van der Waals surface area contributed by atoms with Crippen LogP contribution in [0.15, 0.2) is 16.3 Å². The smallest absolute Gasteiger partial charge is 0.206 e. The number of halogens is 1. The maximum absolute atomic E-state index is 12.5. The highest BCUT2D eigenvalue weighted by Crippen LogP contribution is 2.33. The van der Waals surface area contributed by atoms with E-state index in [1.807, 2.05) is 13.0 Å². The van der Waals surface area contributed by atoms with Crippen molar-refractivity contribution in [3.05, 3.63) is 17.0 Å². The molecule has 2 atom stereocenters. The highest BCUT2D eigenvalue weighted by Gasteiger charge is 2.39. The first-order valence-corrected chi connectivity index (χ1v) is 8.99. The van der Waals surface area contributed by atoms with Crippen molar-refractivity contribution in [3.8, 4) is 0 Å². The molecule has 3 nitrogen and oxygen atoms in total. The summed E-state index contributed by atoms with van der Waals surface area (Å²) in [6.45, 7) is 4.68. The van der Waals surface area contributed by atoms with Crippen molar-refractivity contribution in [3.63, 3.8) is 0 Å². The first-order valence-electron chi connectivity index (χ1n) is 5.61. The summed E-state index contributed by atoms with van der Waals surface area (Å²) < 4.78 is 27.1. The van der Waals surface area contributed by atoms with E-state index >= 15 is 0 Å². The molecule has 0 N–H and O–H groups in total. The van der Waals surface area contributed by atoms with Gasteiger partial charge in [0.15, 0.2) is 0 Å². The van der Waals surface area contributed by atoms with Crippen molar-refractivity contribution < 1.29 is 8.42 Å². The lowest BCUT2D eigenvalue weighted by molar-refractivity contribution is 0.379. The van der Waals surface area contributed by atoms with E-state index in [2.05, 4.69) is 22.9 Å². The second kappa shape index (κ2) is 4.99. The third kappa shape index (κ3) is 2.45. The van der Waals surface area contributed by atoms with Gasteiger partial charge in [0.25, 0.3) is 10.0 Å². The number of aryl methyl sites for hydroxylation is 1. The van der Waals surface area contributed by atoms with Crippen LogP contribution in [0.5, 0.6) is 0 Å². The number of hydrogen-bond donors (Lipinski definition) is 0. The molecule has 1 aromatic rings. The minimum absolute atomic E-state index is 0.0856. The van der Waals surface area contributed by atoms with Crippen LogP contribution in [0.2, 0.25) is 0 Å². The Bertz CT molecular complexity index is 497. The Morgan fingerprint density at radius 2 is 2.24 bits per heavy atom. The molecule has 0 aliphatic carbocycles. The summed E-state index contributed by atoms with van der Waals surface area (Å²) in [4.78, 5) is 1.03. The van der Waals surface area contributed by atoms with Crippen LogP contribution in [0.3, 0.4) is 0 Å².